The fraction of sp³-hybridized carbons (Fsp3) is 0.588. The Kier molecular flexibility index (Phi) is 5.62. The number of hydrogen-bond acceptors (Lipinski definition) is 3. The van der Waals surface area contributed by atoms with E-state index in [2.05, 4.69) is 6.07 Å². The zero-order valence-corrected chi connectivity index (χ0v) is 13.0. The van der Waals surface area contributed by atoms with Gasteiger partial charge in [0, 0.05) is 6.54 Å². The topological polar surface area (TPSA) is 49.8 Å². The summed E-state index contributed by atoms with van der Waals surface area (Å²) in [5.74, 6) is 0.899. The van der Waals surface area contributed by atoms with Gasteiger partial charge in [-0.2, -0.15) is 0 Å². The number of carbonyl (C=O) groups is 1. The summed E-state index contributed by atoms with van der Waals surface area (Å²) in [6.45, 7) is 5.27. The van der Waals surface area contributed by atoms with Crippen molar-refractivity contribution < 1.29 is 14.6 Å². The third-order valence-electron chi connectivity index (χ3n) is 3.94. The fourth-order valence-corrected chi connectivity index (χ4v) is 2.93. The molecule has 116 valence electrons. The van der Waals surface area contributed by atoms with Crippen LogP contribution in [0.4, 0.5) is 0 Å². The third-order valence-corrected chi connectivity index (χ3v) is 3.94. The second-order valence-corrected chi connectivity index (χ2v) is 5.84. The SMILES string of the molecule is Cc1cc(C)cc(OCCC(=O)N2CCCCC2CO)c1. The molecule has 1 heterocycles. The van der Waals surface area contributed by atoms with E-state index in [1.54, 1.807) is 0 Å². The predicted molar refractivity (Wildman–Crippen MR) is 82.5 cm³/mol. The smallest absolute Gasteiger partial charge is 0.226 e. The van der Waals surface area contributed by atoms with Gasteiger partial charge in [-0.25, -0.2) is 0 Å². The molecule has 0 aromatic heterocycles. The summed E-state index contributed by atoms with van der Waals surface area (Å²) in [6.07, 6.45) is 3.39. The summed E-state index contributed by atoms with van der Waals surface area (Å²) in [7, 11) is 0. The van der Waals surface area contributed by atoms with Crippen molar-refractivity contribution in [2.75, 3.05) is 19.8 Å². The van der Waals surface area contributed by atoms with Crippen molar-refractivity contribution in [3.8, 4) is 5.75 Å². The molecule has 4 nitrogen and oxygen atoms in total. The van der Waals surface area contributed by atoms with Gasteiger partial charge >= 0.3 is 0 Å². The highest BCUT2D eigenvalue weighted by atomic mass is 16.5. The minimum Gasteiger partial charge on any atom is -0.493 e. The minimum absolute atomic E-state index is 0.00698. The van der Waals surface area contributed by atoms with Gasteiger partial charge in [0.15, 0.2) is 0 Å². The van der Waals surface area contributed by atoms with Gasteiger partial charge in [-0.1, -0.05) is 6.07 Å². The summed E-state index contributed by atoms with van der Waals surface area (Å²) >= 11 is 0. The highest BCUT2D eigenvalue weighted by Crippen LogP contribution is 2.19. The Morgan fingerprint density at radius 1 is 1.29 bits per heavy atom. The first-order chi connectivity index (χ1) is 10.1. The lowest BCUT2D eigenvalue weighted by Crippen LogP contribution is -2.46. The normalized spacial score (nSPS) is 18.6. The average molecular weight is 291 g/mol. The van der Waals surface area contributed by atoms with E-state index >= 15 is 0 Å². The highest BCUT2D eigenvalue weighted by molar-refractivity contribution is 5.76. The average Bonchev–Trinajstić information content (AvgIpc) is 2.46. The van der Waals surface area contributed by atoms with Crippen LogP contribution in [-0.2, 0) is 4.79 Å². The monoisotopic (exact) mass is 291 g/mol. The van der Waals surface area contributed by atoms with Crippen molar-refractivity contribution in [2.45, 2.75) is 45.6 Å². The molecule has 1 aliphatic rings. The Hall–Kier alpha value is -1.55. The fourth-order valence-electron chi connectivity index (χ4n) is 2.93. The molecule has 21 heavy (non-hydrogen) atoms. The molecule has 0 radical (unpaired) electrons. The van der Waals surface area contributed by atoms with Crippen molar-refractivity contribution in [3.05, 3.63) is 29.3 Å². The molecule has 0 saturated carbocycles. The minimum atomic E-state index is -0.00698. The Morgan fingerprint density at radius 3 is 2.67 bits per heavy atom. The van der Waals surface area contributed by atoms with Crippen molar-refractivity contribution in [1.82, 2.24) is 4.90 Å². The van der Waals surface area contributed by atoms with Gasteiger partial charge in [-0.05, 0) is 56.4 Å². The van der Waals surface area contributed by atoms with Crippen LogP contribution in [0.15, 0.2) is 18.2 Å². The quantitative estimate of drug-likeness (QED) is 0.906. The molecule has 4 heteroatoms. The standard InChI is InChI=1S/C17H25NO3/c1-13-9-14(2)11-16(10-13)21-8-6-17(20)18-7-4-3-5-15(18)12-19/h9-11,15,19H,3-8,12H2,1-2H3. The van der Waals surface area contributed by atoms with E-state index in [0.29, 0.717) is 13.0 Å². The van der Waals surface area contributed by atoms with E-state index in [1.807, 2.05) is 30.9 Å². The number of nitrogens with zero attached hydrogens (tertiary/aromatic N) is 1. The molecule has 1 aliphatic heterocycles. The van der Waals surface area contributed by atoms with Crippen molar-refractivity contribution in [2.24, 2.45) is 0 Å². The number of aliphatic hydroxyl groups is 1. The van der Waals surface area contributed by atoms with Crippen LogP contribution in [0, 0.1) is 13.8 Å². The van der Waals surface area contributed by atoms with Crippen LogP contribution in [0.25, 0.3) is 0 Å². The summed E-state index contributed by atoms with van der Waals surface area (Å²) < 4.78 is 5.69. The number of likely N-dealkylation sites (tertiary alicyclic amines) is 1. The number of carbonyl (C=O) groups excluding carboxylic acids is 1. The second-order valence-electron chi connectivity index (χ2n) is 5.84. The molecule has 0 bridgehead atoms. The van der Waals surface area contributed by atoms with E-state index in [9.17, 15) is 9.90 Å². The zero-order valence-electron chi connectivity index (χ0n) is 13.0. The number of piperidine rings is 1. The maximum Gasteiger partial charge on any atom is 0.226 e. The van der Waals surface area contributed by atoms with Gasteiger partial charge in [-0.3, -0.25) is 4.79 Å². The van der Waals surface area contributed by atoms with Gasteiger partial charge in [0.2, 0.25) is 5.91 Å². The molecule has 0 spiro atoms. The number of amides is 1. The summed E-state index contributed by atoms with van der Waals surface area (Å²) in [4.78, 5) is 14.0. The number of aliphatic hydroxyl groups excluding tert-OH is 1. The maximum absolute atomic E-state index is 12.2. The van der Waals surface area contributed by atoms with Gasteiger partial charge in [-0.15, -0.1) is 0 Å². The van der Waals surface area contributed by atoms with E-state index in [4.69, 9.17) is 4.74 Å². The van der Waals surface area contributed by atoms with Gasteiger partial charge in [0.1, 0.15) is 5.75 Å². The third kappa shape index (κ3) is 4.46. The lowest BCUT2D eigenvalue weighted by molar-refractivity contribution is -0.136. The summed E-state index contributed by atoms with van der Waals surface area (Å²) in [5, 5.41) is 9.35. The largest absolute Gasteiger partial charge is 0.493 e. The van der Waals surface area contributed by atoms with Crippen molar-refractivity contribution in [1.29, 1.82) is 0 Å². The first-order valence-electron chi connectivity index (χ1n) is 7.71. The molecule has 2 rings (SSSR count). The Balaban J connectivity index is 1.83. The Morgan fingerprint density at radius 2 is 2.00 bits per heavy atom. The summed E-state index contributed by atoms with van der Waals surface area (Å²) in [5.41, 5.74) is 2.32. The number of benzene rings is 1. The van der Waals surface area contributed by atoms with Gasteiger partial charge in [0.05, 0.1) is 25.7 Å². The van der Waals surface area contributed by atoms with Crippen LogP contribution >= 0.6 is 0 Å². The number of aryl methyl sites for hydroxylation is 2. The zero-order chi connectivity index (χ0) is 15.2. The Bertz CT molecular complexity index is 467. The first kappa shape index (κ1) is 15.8. The van der Waals surface area contributed by atoms with Crippen LogP contribution < -0.4 is 4.74 Å². The molecule has 1 unspecified atom stereocenters. The van der Waals surface area contributed by atoms with Crippen molar-refractivity contribution in [3.63, 3.8) is 0 Å². The lowest BCUT2D eigenvalue weighted by Gasteiger charge is -2.34. The lowest BCUT2D eigenvalue weighted by atomic mass is 10.0. The molecular weight excluding hydrogens is 266 g/mol. The van der Waals surface area contributed by atoms with Crippen LogP contribution in [0.2, 0.25) is 0 Å². The Labute approximate surface area is 126 Å². The van der Waals surface area contributed by atoms with E-state index in [0.717, 1.165) is 42.7 Å². The molecule has 1 fully saturated rings. The van der Waals surface area contributed by atoms with Crippen LogP contribution in [-0.4, -0.2) is 41.7 Å². The second kappa shape index (κ2) is 7.46. The van der Waals surface area contributed by atoms with Gasteiger partial charge < -0.3 is 14.7 Å². The van der Waals surface area contributed by atoms with Crippen molar-refractivity contribution >= 4 is 5.91 Å². The van der Waals surface area contributed by atoms with Crippen LogP contribution in [0.3, 0.4) is 0 Å². The van der Waals surface area contributed by atoms with E-state index in [1.165, 1.54) is 0 Å². The molecular formula is C17H25NO3. The van der Waals surface area contributed by atoms with E-state index < -0.39 is 0 Å². The number of hydrogen-bond donors (Lipinski definition) is 1. The molecule has 1 aromatic rings. The van der Waals surface area contributed by atoms with Gasteiger partial charge in [0.25, 0.3) is 0 Å². The number of rotatable bonds is 5. The first-order valence-corrected chi connectivity index (χ1v) is 7.71. The predicted octanol–water partition coefficient (Wildman–Crippen LogP) is 2.45. The van der Waals surface area contributed by atoms with Crippen LogP contribution in [0.5, 0.6) is 5.75 Å². The molecule has 1 aromatic carbocycles. The molecule has 1 saturated heterocycles. The van der Waals surface area contributed by atoms with Crippen LogP contribution in [0.1, 0.15) is 36.8 Å². The summed E-state index contributed by atoms with van der Waals surface area (Å²) in [6, 6.07) is 6.05. The van der Waals surface area contributed by atoms with E-state index in [-0.39, 0.29) is 18.6 Å². The molecule has 1 N–H and O–H groups in total. The number of ether oxygens (including phenoxy) is 1. The molecule has 0 aliphatic carbocycles. The highest BCUT2D eigenvalue weighted by Gasteiger charge is 2.25. The maximum atomic E-state index is 12.2. The molecule has 1 atom stereocenters. The molecule has 1 amide bonds.